The number of aromatic nitrogens is 4. The SMILES string of the molecule is Cc1cc(C)n2nc(C(=O)N(C)Cc3ccccc3C)nc2n1. The first-order valence-electron chi connectivity index (χ1n) is 7.46. The second kappa shape index (κ2) is 5.79. The van der Waals surface area contributed by atoms with Gasteiger partial charge in [0.2, 0.25) is 5.82 Å². The number of nitrogens with zero attached hydrogens (tertiary/aromatic N) is 5. The van der Waals surface area contributed by atoms with Gasteiger partial charge in [-0.1, -0.05) is 24.3 Å². The molecule has 0 unspecified atom stereocenters. The highest BCUT2D eigenvalue weighted by molar-refractivity contribution is 5.90. The molecule has 6 nitrogen and oxygen atoms in total. The Balaban J connectivity index is 1.88. The Morgan fingerprint density at radius 3 is 2.65 bits per heavy atom. The van der Waals surface area contributed by atoms with Gasteiger partial charge in [0.15, 0.2) is 0 Å². The Labute approximate surface area is 134 Å². The summed E-state index contributed by atoms with van der Waals surface area (Å²) in [5, 5.41) is 4.29. The fourth-order valence-electron chi connectivity index (χ4n) is 2.54. The minimum atomic E-state index is -0.212. The van der Waals surface area contributed by atoms with Crippen molar-refractivity contribution < 1.29 is 4.79 Å². The molecule has 2 heterocycles. The normalized spacial score (nSPS) is 11.0. The number of benzene rings is 1. The lowest BCUT2D eigenvalue weighted by atomic mass is 10.1. The summed E-state index contributed by atoms with van der Waals surface area (Å²) in [5.41, 5.74) is 4.02. The highest BCUT2D eigenvalue weighted by atomic mass is 16.2. The smallest absolute Gasteiger partial charge is 0.293 e. The van der Waals surface area contributed by atoms with Crippen molar-refractivity contribution in [1.82, 2.24) is 24.5 Å². The first-order valence-corrected chi connectivity index (χ1v) is 7.46. The fraction of sp³-hybridized carbons (Fsp3) is 0.294. The summed E-state index contributed by atoms with van der Waals surface area (Å²) in [6.07, 6.45) is 0. The van der Waals surface area contributed by atoms with E-state index in [1.165, 1.54) is 0 Å². The molecule has 0 bridgehead atoms. The van der Waals surface area contributed by atoms with Crippen molar-refractivity contribution in [2.24, 2.45) is 0 Å². The number of carbonyl (C=O) groups is 1. The first kappa shape index (κ1) is 15.1. The van der Waals surface area contributed by atoms with Crippen molar-refractivity contribution in [1.29, 1.82) is 0 Å². The van der Waals surface area contributed by atoms with Crippen LogP contribution in [0.3, 0.4) is 0 Å². The lowest BCUT2D eigenvalue weighted by molar-refractivity contribution is 0.0773. The van der Waals surface area contributed by atoms with Gasteiger partial charge in [-0.25, -0.2) is 9.50 Å². The summed E-state index contributed by atoms with van der Waals surface area (Å²) in [4.78, 5) is 22.8. The molecule has 2 aromatic heterocycles. The zero-order valence-electron chi connectivity index (χ0n) is 13.7. The van der Waals surface area contributed by atoms with E-state index in [1.807, 2.05) is 51.1 Å². The van der Waals surface area contributed by atoms with Crippen molar-refractivity contribution in [3.63, 3.8) is 0 Å². The van der Waals surface area contributed by atoms with Gasteiger partial charge >= 0.3 is 0 Å². The van der Waals surface area contributed by atoms with Crippen LogP contribution < -0.4 is 0 Å². The molecule has 0 N–H and O–H groups in total. The maximum atomic E-state index is 12.6. The van der Waals surface area contributed by atoms with Gasteiger partial charge in [0.05, 0.1) is 0 Å². The van der Waals surface area contributed by atoms with E-state index in [4.69, 9.17) is 0 Å². The summed E-state index contributed by atoms with van der Waals surface area (Å²) in [5.74, 6) is 0.410. The monoisotopic (exact) mass is 309 g/mol. The molecule has 1 aromatic carbocycles. The maximum Gasteiger partial charge on any atom is 0.293 e. The highest BCUT2D eigenvalue weighted by Gasteiger charge is 2.19. The van der Waals surface area contributed by atoms with E-state index < -0.39 is 0 Å². The topological polar surface area (TPSA) is 63.4 Å². The van der Waals surface area contributed by atoms with E-state index in [9.17, 15) is 4.79 Å². The van der Waals surface area contributed by atoms with Crippen molar-refractivity contribution in [3.05, 3.63) is 58.7 Å². The van der Waals surface area contributed by atoms with Crippen LogP contribution in [-0.2, 0) is 6.54 Å². The van der Waals surface area contributed by atoms with E-state index in [1.54, 1.807) is 16.5 Å². The standard InChI is InChI=1S/C17H19N5O/c1-11-7-5-6-8-14(11)10-21(4)16(23)15-19-17-18-12(2)9-13(3)22(17)20-15/h5-9H,10H2,1-4H3. The number of amides is 1. The van der Waals surface area contributed by atoms with Crippen LogP contribution in [0.1, 0.15) is 33.1 Å². The molecule has 0 fully saturated rings. The van der Waals surface area contributed by atoms with E-state index in [0.29, 0.717) is 12.3 Å². The Hall–Kier alpha value is -2.76. The van der Waals surface area contributed by atoms with Gasteiger partial charge < -0.3 is 4.90 Å². The molecule has 0 aliphatic carbocycles. The summed E-state index contributed by atoms with van der Waals surface area (Å²) in [6.45, 7) is 6.37. The summed E-state index contributed by atoms with van der Waals surface area (Å²) in [6, 6.07) is 9.92. The Kier molecular flexibility index (Phi) is 3.82. The number of hydrogen-bond acceptors (Lipinski definition) is 4. The van der Waals surface area contributed by atoms with Crippen LogP contribution in [0.15, 0.2) is 30.3 Å². The average Bonchev–Trinajstić information content (AvgIpc) is 2.93. The minimum Gasteiger partial charge on any atom is -0.335 e. The lowest BCUT2D eigenvalue weighted by Gasteiger charge is -2.16. The predicted molar refractivity (Wildman–Crippen MR) is 87.2 cm³/mol. The van der Waals surface area contributed by atoms with Crippen LogP contribution >= 0.6 is 0 Å². The van der Waals surface area contributed by atoms with E-state index in [-0.39, 0.29) is 11.7 Å². The molecule has 0 saturated heterocycles. The Morgan fingerprint density at radius 2 is 1.91 bits per heavy atom. The quantitative estimate of drug-likeness (QED) is 0.745. The van der Waals surface area contributed by atoms with Gasteiger partial charge in [0.1, 0.15) is 0 Å². The van der Waals surface area contributed by atoms with Crippen molar-refractivity contribution >= 4 is 11.7 Å². The van der Waals surface area contributed by atoms with Gasteiger partial charge in [-0.2, -0.15) is 4.98 Å². The Bertz CT molecular complexity index is 884. The minimum absolute atomic E-state index is 0.169. The number of aryl methyl sites for hydroxylation is 3. The van der Waals surface area contributed by atoms with Gasteiger partial charge in [0.25, 0.3) is 11.7 Å². The number of fused-ring (bicyclic) bond motifs is 1. The number of rotatable bonds is 3. The van der Waals surface area contributed by atoms with Crippen LogP contribution in [0.2, 0.25) is 0 Å². The van der Waals surface area contributed by atoms with Crippen LogP contribution in [0.25, 0.3) is 5.78 Å². The molecule has 1 amide bonds. The van der Waals surface area contributed by atoms with Crippen LogP contribution in [-0.4, -0.2) is 37.4 Å². The molecule has 3 aromatic rings. The zero-order valence-corrected chi connectivity index (χ0v) is 13.7. The molecule has 0 aliphatic heterocycles. The van der Waals surface area contributed by atoms with Crippen molar-refractivity contribution in [2.45, 2.75) is 27.3 Å². The molecular formula is C17H19N5O. The molecule has 0 saturated carbocycles. The fourth-order valence-corrected chi connectivity index (χ4v) is 2.54. The molecule has 0 aliphatic rings. The second-order valence-electron chi connectivity index (χ2n) is 5.77. The van der Waals surface area contributed by atoms with Gasteiger partial charge in [-0.3, -0.25) is 4.79 Å². The maximum absolute atomic E-state index is 12.6. The third-order valence-electron chi connectivity index (χ3n) is 3.83. The average molecular weight is 309 g/mol. The van der Waals surface area contributed by atoms with E-state index >= 15 is 0 Å². The van der Waals surface area contributed by atoms with Crippen LogP contribution in [0, 0.1) is 20.8 Å². The van der Waals surface area contributed by atoms with Crippen molar-refractivity contribution in [2.75, 3.05) is 7.05 Å². The highest BCUT2D eigenvalue weighted by Crippen LogP contribution is 2.12. The predicted octanol–water partition coefficient (Wildman–Crippen LogP) is 2.32. The van der Waals surface area contributed by atoms with Gasteiger partial charge in [-0.05, 0) is 38.0 Å². The lowest BCUT2D eigenvalue weighted by Crippen LogP contribution is -2.27. The molecule has 0 spiro atoms. The molecular weight excluding hydrogens is 290 g/mol. The molecule has 23 heavy (non-hydrogen) atoms. The van der Waals surface area contributed by atoms with Gasteiger partial charge in [0, 0.05) is 25.0 Å². The number of hydrogen-bond donors (Lipinski definition) is 0. The summed E-state index contributed by atoms with van der Waals surface area (Å²) in [7, 11) is 1.76. The molecule has 3 rings (SSSR count). The molecule has 118 valence electrons. The summed E-state index contributed by atoms with van der Waals surface area (Å²) < 4.78 is 1.60. The van der Waals surface area contributed by atoms with Crippen LogP contribution in [0.5, 0.6) is 0 Å². The van der Waals surface area contributed by atoms with E-state index in [2.05, 4.69) is 15.1 Å². The van der Waals surface area contributed by atoms with Gasteiger partial charge in [-0.15, -0.1) is 5.10 Å². The number of carbonyl (C=O) groups excluding carboxylic acids is 1. The zero-order chi connectivity index (χ0) is 16.6. The second-order valence-corrected chi connectivity index (χ2v) is 5.77. The third-order valence-corrected chi connectivity index (χ3v) is 3.83. The largest absolute Gasteiger partial charge is 0.335 e. The van der Waals surface area contributed by atoms with E-state index in [0.717, 1.165) is 22.5 Å². The molecule has 0 radical (unpaired) electrons. The van der Waals surface area contributed by atoms with Crippen molar-refractivity contribution in [3.8, 4) is 0 Å². The third kappa shape index (κ3) is 2.92. The molecule has 6 heteroatoms. The Morgan fingerprint density at radius 1 is 1.17 bits per heavy atom. The first-order chi connectivity index (χ1) is 11.0. The van der Waals surface area contributed by atoms with Crippen LogP contribution in [0.4, 0.5) is 0 Å². The summed E-state index contributed by atoms with van der Waals surface area (Å²) >= 11 is 0. The molecule has 0 atom stereocenters.